The molecule has 0 unspecified atom stereocenters. The highest BCUT2D eigenvalue weighted by Crippen LogP contribution is 2.35. The molecule has 2 aliphatic rings. The van der Waals surface area contributed by atoms with Crippen molar-refractivity contribution in [1.29, 1.82) is 0 Å². The standard InChI is InChI=1S/C12H16N2O/c15-11-3-4-12-9(7-11)8-13-5-6-14(12)10-1-2-10/h3-4,7,10,13,15H,1-2,5-6,8H2. The van der Waals surface area contributed by atoms with Crippen LogP contribution in [0.3, 0.4) is 0 Å². The average Bonchev–Trinajstić information content (AvgIpc) is 3.01. The molecule has 3 heteroatoms. The summed E-state index contributed by atoms with van der Waals surface area (Å²) < 4.78 is 0. The lowest BCUT2D eigenvalue weighted by molar-refractivity contribution is 0.474. The number of phenolic OH excluding ortho intramolecular Hbond substituents is 1. The first-order chi connectivity index (χ1) is 7.34. The fourth-order valence-corrected chi connectivity index (χ4v) is 2.30. The van der Waals surface area contributed by atoms with Gasteiger partial charge in [0.1, 0.15) is 5.75 Å². The van der Waals surface area contributed by atoms with Crippen LogP contribution in [0.2, 0.25) is 0 Å². The van der Waals surface area contributed by atoms with Gasteiger partial charge in [0.25, 0.3) is 0 Å². The molecule has 1 aliphatic carbocycles. The second-order valence-electron chi connectivity index (χ2n) is 4.41. The van der Waals surface area contributed by atoms with E-state index in [0.29, 0.717) is 5.75 Å². The minimum atomic E-state index is 0.369. The lowest BCUT2D eigenvalue weighted by atomic mass is 10.1. The fraction of sp³-hybridized carbons (Fsp3) is 0.500. The number of rotatable bonds is 1. The van der Waals surface area contributed by atoms with E-state index in [-0.39, 0.29) is 0 Å². The third-order valence-corrected chi connectivity index (χ3v) is 3.21. The SMILES string of the molecule is Oc1ccc2c(c1)CNCCN2C1CC1. The largest absolute Gasteiger partial charge is 0.508 e. The highest BCUT2D eigenvalue weighted by molar-refractivity contribution is 5.58. The molecule has 15 heavy (non-hydrogen) atoms. The van der Waals surface area contributed by atoms with E-state index < -0.39 is 0 Å². The molecular formula is C12H16N2O. The van der Waals surface area contributed by atoms with E-state index in [1.165, 1.54) is 24.1 Å². The van der Waals surface area contributed by atoms with Gasteiger partial charge in [-0.3, -0.25) is 0 Å². The molecule has 3 nitrogen and oxygen atoms in total. The summed E-state index contributed by atoms with van der Waals surface area (Å²) in [5, 5.41) is 12.9. The number of aromatic hydroxyl groups is 1. The Morgan fingerprint density at radius 1 is 1.33 bits per heavy atom. The van der Waals surface area contributed by atoms with Gasteiger partial charge in [0.2, 0.25) is 0 Å². The van der Waals surface area contributed by atoms with Crippen LogP contribution >= 0.6 is 0 Å². The van der Waals surface area contributed by atoms with E-state index >= 15 is 0 Å². The van der Waals surface area contributed by atoms with Gasteiger partial charge in [0, 0.05) is 31.4 Å². The molecule has 0 bridgehead atoms. The molecule has 0 spiro atoms. The lowest BCUT2D eigenvalue weighted by Crippen LogP contribution is -2.30. The second-order valence-corrected chi connectivity index (χ2v) is 4.41. The van der Waals surface area contributed by atoms with Gasteiger partial charge in [-0.1, -0.05) is 0 Å². The van der Waals surface area contributed by atoms with Crippen LogP contribution in [0.25, 0.3) is 0 Å². The van der Waals surface area contributed by atoms with Crippen molar-refractivity contribution in [2.75, 3.05) is 18.0 Å². The summed E-state index contributed by atoms with van der Waals surface area (Å²) in [6.07, 6.45) is 2.64. The monoisotopic (exact) mass is 204 g/mol. The topological polar surface area (TPSA) is 35.5 Å². The first-order valence-electron chi connectivity index (χ1n) is 5.64. The van der Waals surface area contributed by atoms with Gasteiger partial charge >= 0.3 is 0 Å². The molecule has 0 amide bonds. The lowest BCUT2D eigenvalue weighted by Gasteiger charge is -2.24. The van der Waals surface area contributed by atoms with E-state index in [0.717, 1.165) is 25.7 Å². The van der Waals surface area contributed by atoms with Crippen LogP contribution in [-0.2, 0) is 6.54 Å². The Balaban J connectivity index is 2.00. The molecule has 0 saturated heterocycles. The zero-order valence-corrected chi connectivity index (χ0v) is 8.74. The summed E-state index contributed by atoms with van der Waals surface area (Å²) in [4.78, 5) is 2.48. The van der Waals surface area contributed by atoms with Crippen molar-refractivity contribution in [3.05, 3.63) is 23.8 Å². The van der Waals surface area contributed by atoms with Gasteiger partial charge < -0.3 is 15.3 Å². The summed E-state index contributed by atoms with van der Waals surface area (Å²) in [6.45, 7) is 2.99. The molecule has 0 atom stereocenters. The Hall–Kier alpha value is -1.22. The van der Waals surface area contributed by atoms with Crippen LogP contribution in [0.5, 0.6) is 5.75 Å². The molecule has 0 aromatic heterocycles. The quantitative estimate of drug-likeness (QED) is 0.727. The van der Waals surface area contributed by atoms with E-state index in [4.69, 9.17) is 0 Å². The zero-order chi connectivity index (χ0) is 10.3. The summed E-state index contributed by atoms with van der Waals surface area (Å²) in [5.74, 6) is 0.369. The molecule has 1 aromatic rings. The Bertz CT molecular complexity index is 374. The third kappa shape index (κ3) is 1.67. The van der Waals surface area contributed by atoms with Gasteiger partial charge in [-0.15, -0.1) is 0 Å². The molecule has 1 fully saturated rings. The summed E-state index contributed by atoms with van der Waals surface area (Å²) in [5.41, 5.74) is 2.53. The maximum absolute atomic E-state index is 9.47. The highest BCUT2D eigenvalue weighted by Gasteiger charge is 2.30. The molecule has 1 saturated carbocycles. The van der Waals surface area contributed by atoms with E-state index in [1.54, 1.807) is 6.07 Å². The van der Waals surface area contributed by atoms with Crippen molar-refractivity contribution < 1.29 is 5.11 Å². The van der Waals surface area contributed by atoms with Gasteiger partial charge in [0.15, 0.2) is 0 Å². The number of benzene rings is 1. The highest BCUT2D eigenvalue weighted by atomic mass is 16.3. The summed E-state index contributed by atoms with van der Waals surface area (Å²) >= 11 is 0. The Morgan fingerprint density at radius 2 is 2.20 bits per heavy atom. The van der Waals surface area contributed by atoms with Gasteiger partial charge in [-0.05, 0) is 36.6 Å². The molecule has 2 N–H and O–H groups in total. The summed E-state index contributed by atoms with van der Waals surface area (Å²) in [6, 6.07) is 6.46. The van der Waals surface area contributed by atoms with Crippen molar-refractivity contribution in [3.63, 3.8) is 0 Å². The Kier molecular flexibility index (Phi) is 2.06. The second kappa shape index (κ2) is 3.42. The number of phenols is 1. The van der Waals surface area contributed by atoms with Crippen LogP contribution in [0, 0.1) is 0 Å². The fourth-order valence-electron chi connectivity index (χ4n) is 2.30. The molecule has 0 radical (unpaired) electrons. The number of anilines is 1. The number of hydrogen-bond donors (Lipinski definition) is 2. The van der Waals surface area contributed by atoms with E-state index in [1.807, 2.05) is 6.07 Å². The van der Waals surface area contributed by atoms with E-state index in [2.05, 4.69) is 16.3 Å². The molecule has 3 rings (SSSR count). The minimum Gasteiger partial charge on any atom is -0.508 e. The Morgan fingerprint density at radius 3 is 3.00 bits per heavy atom. The zero-order valence-electron chi connectivity index (χ0n) is 8.74. The van der Waals surface area contributed by atoms with Crippen molar-refractivity contribution in [2.45, 2.75) is 25.4 Å². The predicted molar refractivity (Wildman–Crippen MR) is 60.2 cm³/mol. The first-order valence-corrected chi connectivity index (χ1v) is 5.64. The predicted octanol–water partition coefficient (Wildman–Crippen LogP) is 1.46. The van der Waals surface area contributed by atoms with Crippen LogP contribution in [0.15, 0.2) is 18.2 Å². The van der Waals surface area contributed by atoms with Crippen LogP contribution < -0.4 is 10.2 Å². The smallest absolute Gasteiger partial charge is 0.116 e. The molecule has 80 valence electrons. The summed E-state index contributed by atoms with van der Waals surface area (Å²) in [7, 11) is 0. The van der Waals surface area contributed by atoms with Crippen LogP contribution in [-0.4, -0.2) is 24.2 Å². The first kappa shape index (κ1) is 9.04. The maximum atomic E-state index is 9.47. The van der Waals surface area contributed by atoms with Crippen molar-refractivity contribution in [2.24, 2.45) is 0 Å². The normalized spacial score (nSPS) is 20.9. The number of fused-ring (bicyclic) bond motifs is 1. The van der Waals surface area contributed by atoms with Crippen molar-refractivity contribution in [1.82, 2.24) is 5.32 Å². The van der Waals surface area contributed by atoms with Crippen molar-refractivity contribution in [3.8, 4) is 5.75 Å². The van der Waals surface area contributed by atoms with Gasteiger partial charge in [0.05, 0.1) is 0 Å². The Labute approximate surface area is 89.7 Å². The minimum absolute atomic E-state index is 0.369. The van der Waals surface area contributed by atoms with Crippen LogP contribution in [0.1, 0.15) is 18.4 Å². The van der Waals surface area contributed by atoms with Gasteiger partial charge in [-0.2, -0.15) is 0 Å². The average molecular weight is 204 g/mol. The van der Waals surface area contributed by atoms with Gasteiger partial charge in [-0.25, -0.2) is 0 Å². The van der Waals surface area contributed by atoms with Crippen molar-refractivity contribution >= 4 is 5.69 Å². The number of nitrogens with zero attached hydrogens (tertiary/aromatic N) is 1. The number of nitrogens with one attached hydrogen (secondary N) is 1. The molecule has 1 heterocycles. The van der Waals surface area contributed by atoms with Crippen LogP contribution in [0.4, 0.5) is 5.69 Å². The number of hydrogen-bond acceptors (Lipinski definition) is 3. The molecular weight excluding hydrogens is 188 g/mol. The van der Waals surface area contributed by atoms with E-state index in [9.17, 15) is 5.11 Å². The molecule has 1 aromatic carbocycles. The third-order valence-electron chi connectivity index (χ3n) is 3.21. The molecule has 1 aliphatic heterocycles. The maximum Gasteiger partial charge on any atom is 0.116 e.